The van der Waals surface area contributed by atoms with E-state index in [2.05, 4.69) is 24.9 Å². The van der Waals surface area contributed by atoms with E-state index in [0.29, 0.717) is 17.1 Å². The summed E-state index contributed by atoms with van der Waals surface area (Å²) in [4.78, 5) is 30.9. The Morgan fingerprint density at radius 1 is 1.14 bits per heavy atom. The second-order valence-electron chi connectivity index (χ2n) is 7.69. The van der Waals surface area contributed by atoms with E-state index in [1.54, 1.807) is 37.3 Å². The van der Waals surface area contributed by atoms with Crippen LogP contribution in [0.3, 0.4) is 0 Å². The van der Waals surface area contributed by atoms with Crippen LogP contribution in [0.2, 0.25) is 5.02 Å². The minimum absolute atomic E-state index is 0.00858. The first-order valence-corrected chi connectivity index (χ1v) is 10.9. The summed E-state index contributed by atoms with van der Waals surface area (Å²) in [5, 5.41) is 3.93. The summed E-state index contributed by atoms with van der Waals surface area (Å²) in [5.41, 5.74) is -0.201. The number of amides is 1. The fourth-order valence-electron chi connectivity index (χ4n) is 3.53. The molecular formula is C24H17ClF3N7O. The summed E-state index contributed by atoms with van der Waals surface area (Å²) >= 11 is 5.94. The van der Waals surface area contributed by atoms with Gasteiger partial charge in [0.15, 0.2) is 11.5 Å². The molecule has 2 aromatic heterocycles. The van der Waals surface area contributed by atoms with Gasteiger partial charge in [0.1, 0.15) is 6.33 Å². The highest BCUT2D eigenvalue weighted by molar-refractivity contribution is 6.31. The van der Waals surface area contributed by atoms with Crippen molar-refractivity contribution in [2.75, 3.05) is 0 Å². The molecule has 0 spiro atoms. The zero-order valence-electron chi connectivity index (χ0n) is 18.7. The maximum atomic E-state index is 13.7. The van der Waals surface area contributed by atoms with Gasteiger partial charge in [-0.05, 0) is 36.8 Å². The minimum atomic E-state index is -4.68. The highest BCUT2D eigenvalue weighted by Crippen LogP contribution is 2.33. The Morgan fingerprint density at radius 2 is 1.83 bits per heavy atom. The molecule has 0 saturated carbocycles. The maximum Gasteiger partial charge on any atom is 0.416 e. The maximum absolute atomic E-state index is 13.7. The monoisotopic (exact) mass is 511 g/mol. The molecule has 1 amide bonds. The summed E-state index contributed by atoms with van der Waals surface area (Å²) in [7, 11) is 0. The van der Waals surface area contributed by atoms with Crippen molar-refractivity contribution >= 4 is 23.2 Å². The molecule has 0 saturated heterocycles. The highest BCUT2D eigenvalue weighted by Gasteiger charge is 2.33. The molecule has 8 nitrogen and oxygen atoms in total. The summed E-state index contributed by atoms with van der Waals surface area (Å²) in [6.07, 6.45) is -0.372. The number of alkyl halides is 3. The molecule has 0 aliphatic heterocycles. The molecule has 0 aliphatic rings. The number of nitrogens with zero attached hydrogens (tertiary/aromatic N) is 7. The number of aromatic nitrogens is 5. The average Bonchev–Trinajstić information content (AvgIpc) is 3.36. The third-order valence-electron chi connectivity index (χ3n) is 5.31. The normalized spacial score (nSPS) is 12.1. The lowest BCUT2D eigenvalue weighted by Gasteiger charge is -2.29. The van der Waals surface area contributed by atoms with E-state index in [0.717, 1.165) is 12.1 Å². The van der Waals surface area contributed by atoms with Crippen LogP contribution in [0.25, 0.3) is 10.8 Å². The second kappa shape index (κ2) is 10.1. The molecule has 0 bridgehead atoms. The Bertz CT molecular complexity index is 1420. The number of carbonyl (C=O) groups excluding carboxylic acids is 1. The van der Waals surface area contributed by atoms with E-state index < -0.39 is 23.7 Å². The first-order valence-electron chi connectivity index (χ1n) is 10.5. The van der Waals surface area contributed by atoms with E-state index in [-0.39, 0.29) is 23.1 Å². The van der Waals surface area contributed by atoms with Crippen LogP contribution < -0.4 is 0 Å². The fraction of sp³-hybridized carbons (Fsp3) is 0.167. The first-order chi connectivity index (χ1) is 17.2. The minimum Gasteiger partial charge on any atom is -0.324 e. The molecule has 0 aliphatic carbocycles. The lowest BCUT2D eigenvalue weighted by Crippen LogP contribution is -2.35. The van der Waals surface area contributed by atoms with Crippen LogP contribution in [-0.4, -0.2) is 35.5 Å². The van der Waals surface area contributed by atoms with Gasteiger partial charge in [0.05, 0.1) is 18.2 Å². The number of carbonyl (C=O) groups is 1. The molecule has 182 valence electrons. The number of halogens is 4. The van der Waals surface area contributed by atoms with Crippen LogP contribution in [0, 0.1) is 6.57 Å². The van der Waals surface area contributed by atoms with Crippen molar-refractivity contribution in [2.24, 2.45) is 0 Å². The summed E-state index contributed by atoms with van der Waals surface area (Å²) in [6, 6.07) is 10.1. The van der Waals surface area contributed by atoms with Crippen molar-refractivity contribution in [1.29, 1.82) is 0 Å². The van der Waals surface area contributed by atoms with Crippen LogP contribution in [0.5, 0.6) is 0 Å². The van der Waals surface area contributed by atoms with Crippen molar-refractivity contribution in [1.82, 2.24) is 29.6 Å². The van der Waals surface area contributed by atoms with E-state index in [1.165, 1.54) is 34.4 Å². The van der Waals surface area contributed by atoms with E-state index in [1.807, 2.05) is 0 Å². The zero-order valence-corrected chi connectivity index (χ0v) is 19.4. The van der Waals surface area contributed by atoms with Crippen LogP contribution in [-0.2, 0) is 12.7 Å². The predicted molar refractivity (Wildman–Crippen MR) is 124 cm³/mol. The van der Waals surface area contributed by atoms with Crippen LogP contribution in [0.1, 0.15) is 40.3 Å². The lowest BCUT2D eigenvalue weighted by atomic mass is 10.1. The number of hydrogen-bond acceptors (Lipinski definition) is 5. The van der Waals surface area contributed by atoms with Gasteiger partial charge in [-0.25, -0.2) is 19.8 Å². The average molecular weight is 512 g/mol. The largest absolute Gasteiger partial charge is 0.416 e. The highest BCUT2D eigenvalue weighted by atomic mass is 35.5. The third-order valence-corrected chi connectivity index (χ3v) is 5.53. The van der Waals surface area contributed by atoms with Crippen molar-refractivity contribution < 1.29 is 18.0 Å². The first kappa shape index (κ1) is 24.8. The van der Waals surface area contributed by atoms with Gasteiger partial charge in [0.25, 0.3) is 11.9 Å². The predicted octanol–water partition coefficient (Wildman–Crippen LogP) is 5.68. The Hall–Kier alpha value is -4.30. The van der Waals surface area contributed by atoms with Gasteiger partial charge in [-0.3, -0.25) is 4.79 Å². The van der Waals surface area contributed by atoms with Crippen molar-refractivity contribution in [2.45, 2.75) is 25.7 Å². The molecule has 2 heterocycles. The molecule has 36 heavy (non-hydrogen) atoms. The number of rotatable bonds is 6. The van der Waals surface area contributed by atoms with Crippen LogP contribution >= 0.6 is 11.6 Å². The Kier molecular flexibility index (Phi) is 6.98. The van der Waals surface area contributed by atoms with E-state index in [4.69, 9.17) is 18.2 Å². The molecule has 0 N–H and O–H groups in total. The van der Waals surface area contributed by atoms with Gasteiger partial charge in [-0.15, -0.1) is 0 Å². The van der Waals surface area contributed by atoms with Gasteiger partial charge in [0.2, 0.25) is 0 Å². The van der Waals surface area contributed by atoms with Crippen molar-refractivity contribution in [3.8, 4) is 5.95 Å². The molecule has 0 radical (unpaired) electrons. The van der Waals surface area contributed by atoms with Gasteiger partial charge in [-0.2, -0.15) is 23.0 Å². The van der Waals surface area contributed by atoms with Gasteiger partial charge in [-0.1, -0.05) is 35.9 Å². The number of benzene rings is 2. The van der Waals surface area contributed by atoms with Crippen LogP contribution in [0.15, 0.2) is 67.3 Å². The van der Waals surface area contributed by atoms with Gasteiger partial charge in [0, 0.05) is 29.5 Å². The number of hydrogen-bond donors (Lipinski definition) is 0. The van der Waals surface area contributed by atoms with E-state index >= 15 is 0 Å². The SMILES string of the molecule is [C-]#[N+]c1ccc(CN(C(=O)c2cc(Cl)cc(C(F)(F)F)c2)C(C)c2ncnn2-c2ncccn2)cc1. The van der Waals surface area contributed by atoms with Gasteiger partial charge < -0.3 is 4.90 Å². The quantitative estimate of drug-likeness (QED) is 0.311. The molecule has 4 aromatic rings. The Balaban J connectivity index is 1.77. The molecule has 1 unspecified atom stereocenters. The molecule has 0 fully saturated rings. The standard InChI is InChI=1S/C24H17ClF3N7O/c1-15(21-32-14-33-35(21)23-30-8-3-9-31-23)34(13-16-4-6-20(29-2)7-5-16)22(36)17-10-18(24(26,27)28)12-19(25)11-17/h3-12,14-15H,13H2,1H3. The molecule has 12 heteroatoms. The second-order valence-corrected chi connectivity index (χ2v) is 8.13. The molecule has 2 aromatic carbocycles. The smallest absolute Gasteiger partial charge is 0.324 e. The van der Waals surface area contributed by atoms with Crippen molar-refractivity contribution in [3.63, 3.8) is 0 Å². The van der Waals surface area contributed by atoms with Gasteiger partial charge >= 0.3 is 6.18 Å². The van der Waals surface area contributed by atoms with Crippen LogP contribution in [0.4, 0.5) is 18.9 Å². The topological polar surface area (TPSA) is 81.2 Å². The lowest BCUT2D eigenvalue weighted by molar-refractivity contribution is -0.137. The Morgan fingerprint density at radius 3 is 2.47 bits per heavy atom. The summed E-state index contributed by atoms with van der Waals surface area (Å²) in [5.74, 6) is -0.188. The molecular weight excluding hydrogens is 495 g/mol. The summed E-state index contributed by atoms with van der Waals surface area (Å²) in [6.45, 7) is 8.80. The third kappa shape index (κ3) is 5.34. The van der Waals surface area contributed by atoms with Crippen molar-refractivity contribution in [3.05, 3.63) is 106 Å². The fourth-order valence-corrected chi connectivity index (χ4v) is 3.76. The Labute approximate surface area is 208 Å². The van der Waals surface area contributed by atoms with E-state index in [9.17, 15) is 18.0 Å². The molecule has 4 rings (SSSR count). The molecule has 1 atom stereocenters. The zero-order chi connectivity index (χ0) is 25.9. The summed E-state index contributed by atoms with van der Waals surface area (Å²) < 4.78 is 41.6.